The third kappa shape index (κ3) is 18.9. The van der Waals surface area contributed by atoms with E-state index in [0.29, 0.717) is 13.0 Å². The van der Waals surface area contributed by atoms with Crippen LogP contribution in [-0.2, 0) is 23.9 Å². The number of carbonyl (C=O) groups excluding carboxylic acids is 2. The first-order valence-corrected chi connectivity index (χ1v) is 10.7. The van der Waals surface area contributed by atoms with Crippen LogP contribution in [0.1, 0.15) is 96.8 Å². The summed E-state index contributed by atoms with van der Waals surface area (Å²) in [6.07, 6.45) is 13.4. The van der Waals surface area contributed by atoms with Gasteiger partial charge in [-0.1, -0.05) is 45.1 Å². The molecule has 0 aliphatic rings. The van der Waals surface area contributed by atoms with Gasteiger partial charge in [0.25, 0.3) is 0 Å². The Hall–Kier alpha value is -1.85. The summed E-state index contributed by atoms with van der Waals surface area (Å²) in [6.45, 7) is 5.68. The fraction of sp³-hybridized carbons (Fsp3) is 0.773. The van der Waals surface area contributed by atoms with Gasteiger partial charge in [-0.25, -0.2) is 4.79 Å². The molecule has 0 aromatic heterocycles. The second kappa shape index (κ2) is 18.5. The van der Waals surface area contributed by atoms with E-state index in [1.165, 1.54) is 6.08 Å². The number of rotatable bonds is 19. The number of hydrogen-bond donors (Lipinski definition) is 1. The van der Waals surface area contributed by atoms with Gasteiger partial charge >= 0.3 is 17.9 Å². The number of ether oxygens (including phenoxy) is 2. The monoisotopic (exact) mass is 398 g/mol. The van der Waals surface area contributed by atoms with Gasteiger partial charge in [-0.15, -0.1) is 0 Å². The third-order valence-corrected chi connectivity index (χ3v) is 4.52. The Kier molecular flexibility index (Phi) is 17.3. The van der Waals surface area contributed by atoms with Crippen molar-refractivity contribution < 1.29 is 29.0 Å². The van der Waals surface area contributed by atoms with Crippen molar-refractivity contribution in [3.05, 3.63) is 12.7 Å². The van der Waals surface area contributed by atoms with Crippen molar-refractivity contribution in [2.45, 2.75) is 103 Å². The highest BCUT2D eigenvalue weighted by Crippen LogP contribution is 2.11. The van der Waals surface area contributed by atoms with Crippen LogP contribution in [0.4, 0.5) is 0 Å². The number of unbranched alkanes of at least 4 members (excludes halogenated alkanes) is 9. The number of carboxylic acids is 1. The maximum absolute atomic E-state index is 11.7. The van der Waals surface area contributed by atoms with Crippen LogP contribution in [0.5, 0.6) is 0 Å². The van der Waals surface area contributed by atoms with Crippen molar-refractivity contribution in [2.75, 3.05) is 6.61 Å². The van der Waals surface area contributed by atoms with Gasteiger partial charge in [0, 0.05) is 18.9 Å². The minimum absolute atomic E-state index is 0.113. The Morgan fingerprint density at radius 2 is 1.39 bits per heavy atom. The van der Waals surface area contributed by atoms with Crippen molar-refractivity contribution in [1.82, 2.24) is 0 Å². The van der Waals surface area contributed by atoms with E-state index in [1.54, 1.807) is 0 Å². The lowest BCUT2D eigenvalue weighted by Gasteiger charge is -2.11. The Labute approximate surface area is 169 Å². The number of carboxylic acid groups (broad SMARTS) is 1. The maximum atomic E-state index is 11.7. The van der Waals surface area contributed by atoms with Gasteiger partial charge in [-0.05, 0) is 45.4 Å². The zero-order valence-corrected chi connectivity index (χ0v) is 17.5. The van der Waals surface area contributed by atoms with Gasteiger partial charge in [-0.2, -0.15) is 0 Å². The average Bonchev–Trinajstić information content (AvgIpc) is 2.65. The van der Waals surface area contributed by atoms with E-state index in [9.17, 15) is 14.4 Å². The molecule has 0 saturated heterocycles. The van der Waals surface area contributed by atoms with E-state index in [0.717, 1.165) is 77.0 Å². The van der Waals surface area contributed by atoms with Gasteiger partial charge in [0.1, 0.15) is 0 Å². The average molecular weight is 399 g/mol. The number of aliphatic carboxylic acids is 1. The lowest BCUT2D eigenvalue weighted by Crippen LogP contribution is -2.12. The first kappa shape index (κ1) is 26.1. The Bertz CT molecular complexity index is 446. The fourth-order valence-electron chi connectivity index (χ4n) is 2.88. The van der Waals surface area contributed by atoms with Gasteiger partial charge in [0.15, 0.2) is 0 Å². The SMILES string of the molecule is C=CC(=O)OC(C)CCCCCOC(=O)CCCCCCCCCCC(=O)O. The molecule has 1 atom stereocenters. The molecule has 0 aromatic rings. The van der Waals surface area contributed by atoms with Crippen LogP contribution in [0.15, 0.2) is 12.7 Å². The number of hydrogen-bond acceptors (Lipinski definition) is 5. The summed E-state index contributed by atoms with van der Waals surface area (Å²) in [5.41, 5.74) is 0. The molecular formula is C22H38O6. The van der Waals surface area contributed by atoms with E-state index < -0.39 is 11.9 Å². The molecule has 1 unspecified atom stereocenters. The van der Waals surface area contributed by atoms with Crippen molar-refractivity contribution in [1.29, 1.82) is 0 Å². The highest BCUT2D eigenvalue weighted by Gasteiger charge is 2.06. The summed E-state index contributed by atoms with van der Waals surface area (Å²) in [4.78, 5) is 33.1. The molecule has 0 radical (unpaired) electrons. The first-order valence-electron chi connectivity index (χ1n) is 10.7. The van der Waals surface area contributed by atoms with Crippen LogP contribution >= 0.6 is 0 Å². The summed E-state index contributed by atoms with van der Waals surface area (Å²) in [7, 11) is 0. The van der Waals surface area contributed by atoms with Crippen LogP contribution in [0.25, 0.3) is 0 Å². The van der Waals surface area contributed by atoms with E-state index in [4.69, 9.17) is 14.6 Å². The van der Waals surface area contributed by atoms with Crippen molar-refractivity contribution >= 4 is 17.9 Å². The molecule has 0 aromatic carbocycles. The molecule has 1 N–H and O–H groups in total. The molecule has 0 aliphatic heterocycles. The van der Waals surface area contributed by atoms with Crippen molar-refractivity contribution in [2.24, 2.45) is 0 Å². The summed E-state index contributed by atoms with van der Waals surface area (Å²) >= 11 is 0. The number of carbonyl (C=O) groups is 3. The lowest BCUT2D eigenvalue weighted by atomic mass is 10.1. The standard InChI is InChI=1S/C22H38O6/c1-3-21(25)28-19(2)15-11-10-14-18-27-22(26)17-13-9-7-5-4-6-8-12-16-20(23)24/h3,19H,1,4-18H2,2H3,(H,23,24). The molecule has 162 valence electrons. The molecule has 6 heteroatoms. The van der Waals surface area contributed by atoms with Gasteiger partial charge in [0.2, 0.25) is 0 Å². The Morgan fingerprint density at radius 1 is 0.857 bits per heavy atom. The molecule has 0 aliphatic carbocycles. The summed E-state index contributed by atoms with van der Waals surface area (Å²) in [6, 6.07) is 0. The second-order valence-corrected chi connectivity index (χ2v) is 7.24. The highest BCUT2D eigenvalue weighted by molar-refractivity contribution is 5.81. The summed E-state index contributed by atoms with van der Waals surface area (Å²) in [5.74, 6) is -1.23. The molecule has 0 saturated carbocycles. The van der Waals surface area contributed by atoms with E-state index in [2.05, 4.69) is 6.58 Å². The molecule has 6 nitrogen and oxygen atoms in total. The molecular weight excluding hydrogens is 360 g/mol. The number of esters is 2. The smallest absolute Gasteiger partial charge is 0.330 e. The van der Waals surface area contributed by atoms with Crippen LogP contribution in [0, 0.1) is 0 Å². The Balaban J connectivity index is 3.32. The minimum Gasteiger partial charge on any atom is -0.481 e. The molecule has 0 amide bonds. The lowest BCUT2D eigenvalue weighted by molar-refractivity contribution is -0.144. The Morgan fingerprint density at radius 3 is 1.96 bits per heavy atom. The van der Waals surface area contributed by atoms with Crippen LogP contribution < -0.4 is 0 Å². The van der Waals surface area contributed by atoms with Crippen LogP contribution in [0.2, 0.25) is 0 Å². The quantitative estimate of drug-likeness (QED) is 0.183. The third-order valence-electron chi connectivity index (χ3n) is 4.52. The molecule has 0 spiro atoms. The molecule has 28 heavy (non-hydrogen) atoms. The zero-order chi connectivity index (χ0) is 21.0. The van der Waals surface area contributed by atoms with Crippen LogP contribution in [-0.4, -0.2) is 35.7 Å². The van der Waals surface area contributed by atoms with Crippen LogP contribution in [0.3, 0.4) is 0 Å². The van der Waals surface area contributed by atoms with Gasteiger partial charge in [-0.3, -0.25) is 9.59 Å². The first-order chi connectivity index (χ1) is 13.5. The second-order valence-electron chi connectivity index (χ2n) is 7.24. The topological polar surface area (TPSA) is 89.9 Å². The molecule has 0 heterocycles. The predicted molar refractivity (Wildman–Crippen MR) is 109 cm³/mol. The van der Waals surface area contributed by atoms with Gasteiger partial charge in [0.05, 0.1) is 12.7 Å². The molecule has 0 rings (SSSR count). The summed E-state index contributed by atoms with van der Waals surface area (Å²) in [5, 5.41) is 8.55. The van der Waals surface area contributed by atoms with E-state index in [1.807, 2.05) is 6.92 Å². The van der Waals surface area contributed by atoms with Crippen molar-refractivity contribution in [3.63, 3.8) is 0 Å². The summed E-state index contributed by atoms with van der Waals surface area (Å²) < 4.78 is 10.3. The molecule has 0 bridgehead atoms. The molecule has 0 fully saturated rings. The fourth-order valence-corrected chi connectivity index (χ4v) is 2.88. The van der Waals surface area contributed by atoms with E-state index >= 15 is 0 Å². The zero-order valence-electron chi connectivity index (χ0n) is 17.5. The maximum Gasteiger partial charge on any atom is 0.330 e. The predicted octanol–water partition coefficient (Wildman–Crippen LogP) is 5.19. The largest absolute Gasteiger partial charge is 0.481 e. The van der Waals surface area contributed by atoms with Gasteiger partial charge < -0.3 is 14.6 Å². The normalized spacial score (nSPS) is 11.6. The van der Waals surface area contributed by atoms with E-state index in [-0.39, 0.29) is 18.5 Å². The highest BCUT2D eigenvalue weighted by atomic mass is 16.5. The minimum atomic E-state index is -0.715. The van der Waals surface area contributed by atoms with Crippen molar-refractivity contribution in [3.8, 4) is 0 Å².